The minimum atomic E-state index is -0.373. The number of fused-ring (bicyclic) bond motifs is 1. The third-order valence-corrected chi connectivity index (χ3v) is 5.64. The van der Waals surface area contributed by atoms with E-state index in [0.29, 0.717) is 16.8 Å². The third-order valence-electron chi connectivity index (χ3n) is 5.25. The summed E-state index contributed by atoms with van der Waals surface area (Å²) in [4.78, 5) is 12.9. The smallest absolute Gasteiger partial charge is 0.224 e. The normalized spacial score (nSPS) is 36.8. The fraction of sp³-hybridized carbons (Fsp3) is 0.857. The molecule has 0 aromatic heterocycles. The number of hydrogen-bond donors (Lipinski definition) is 2. The molecule has 18 heavy (non-hydrogen) atoms. The first kappa shape index (κ1) is 12.4. The SMILES string of the molecule is NC(=S)C1(NC(=O)C2C3CCCC32)CCCCC1. The molecule has 0 saturated heterocycles. The van der Waals surface area contributed by atoms with E-state index in [1.165, 1.54) is 25.7 Å². The van der Waals surface area contributed by atoms with Crippen molar-refractivity contribution in [2.45, 2.75) is 56.9 Å². The fourth-order valence-electron chi connectivity index (χ4n) is 4.12. The van der Waals surface area contributed by atoms with Crippen molar-refractivity contribution in [1.29, 1.82) is 0 Å². The van der Waals surface area contributed by atoms with Gasteiger partial charge in [0.05, 0.1) is 10.5 Å². The Bertz CT molecular complexity index is 366. The topological polar surface area (TPSA) is 55.1 Å². The number of carbonyl (C=O) groups excluding carboxylic acids is 1. The van der Waals surface area contributed by atoms with Crippen LogP contribution in [0.4, 0.5) is 0 Å². The summed E-state index contributed by atoms with van der Waals surface area (Å²) >= 11 is 5.22. The largest absolute Gasteiger partial charge is 0.391 e. The third kappa shape index (κ3) is 1.94. The zero-order valence-corrected chi connectivity index (χ0v) is 11.6. The number of nitrogens with one attached hydrogen (secondary N) is 1. The number of rotatable bonds is 3. The molecule has 3 aliphatic rings. The van der Waals surface area contributed by atoms with Crippen LogP contribution in [0.15, 0.2) is 0 Å². The number of hydrogen-bond acceptors (Lipinski definition) is 2. The van der Waals surface area contributed by atoms with Gasteiger partial charge in [-0.1, -0.05) is 37.9 Å². The van der Waals surface area contributed by atoms with Gasteiger partial charge in [-0.3, -0.25) is 4.79 Å². The van der Waals surface area contributed by atoms with Gasteiger partial charge in [0.2, 0.25) is 5.91 Å². The molecule has 3 fully saturated rings. The van der Waals surface area contributed by atoms with Crippen LogP contribution in [0.1, 0.15) is 51.4 Å². The van der Waals surface area contributed by atoms with E-state index in [0.717, 1.165) is 25.7 Å². The Kier molecular flexibility index (Phi) is 3.08. The molecule has 3 N–H and O–H groups in total. The first-order valence-electron chi connectivity index (χ1n) is 7.26. The molecule has 2 atom stereocenters. The van der Waals surface area contributed by atoms with Crippen LogP contribution >= 0.6 is 12.2 Å². The number of thiocarbonyl (C=S) groups is 1. The van der Waals surface area contributed by atoms with Gasteiger partial charge in [0.25, 0.3) is 0 Å². The lowest BCUT2D eigenvalue weighted by Gasteiger charge is -2.37. The van der Waals surface area contributed by atoms with E-state index >= 15 is 0 Å². The van der Waals surface area contributed by atoms with Crippen LogP contribution in [-0.2, 0) is 4.79 Å². The summed E-state index contributed by atoms with van der Waals surface area (Å²) < 4.78 is 0. The van der Waals surface area contributed by atoms with Gasteiger partial charge in [-0.05, 0) is 37.5 Å². The van der Waals surface area contributed by atoms with Crippen molar-refractivity contribution >= 4 is 23.1 Å². The highest BCUT2D eigenvalue weighted by Crippen LogP contribution is 2.57. The highest BCUT2D eigenvalue weighted by atomic mass is 32.1. The van der Waals surface area contributed by atoms with E-state index in [1.807, 2.05) is 0 Å². The minimum Gasteiger partial charge on any atom is -0.391 e. The summed E-state index contributed by atoms with van der Waals surface area (Å²) in [5.74, 6) is 1.82. The quantitative estimate of drug-likeness (QED) is 0.770. The van der Waals surface area contributed by atoms with Gasteiger partial charge in [0, 0.05) is 5.92 Å². The van der Waals surface area contributed by atoms with Crippen LogP contribution in [0.2, 0.25) is 0 Å². The predicted molar refractivity (Wildman–Crippen MR) is 75.1 cm³/mol. The van der Waals surface area contributed by atoms with E-state index in [-0.39, 0.29) is 17.4 Å². The molecule has 0 aliphatic heterocycles. The molecule has 100 valence electrons. The molecule has 0 aromatic carbocycles. The van der Waals surface area contributed by atoms with E-state index in [1.54, 1.807) is 0 Å². The average molecular weight is 266 g/mol. The van der Waals surface area contributed by atoms with Crippen LogP contribution in [0, 0.1) is 17.8 Å². The van der Waals surface area contributed by atoms with Crippen molar-refractivity contribution in [2.24, 2.45) is 23.5 Å². The van der Waals surface area contributed by atoms with Crippen molar-refractivity contribution in [3.63, 3.8) is 0 Å². The van der Waals surface area contributed by atoms with Gasteiger partial charge in [-0.2, -0.15) is 0 Å². The molecule has 2 unspecified atom stereocenters. The fourth-order valence-corrected chi connectivity index (χ4v) is 4.37. The summed E-state index contributed by atoms with van der Waals surface area (Å²) in [5, 5.41) is 3.22. The zero-order valence-electron chi connectivity index (χ0n) is 10.8. The maximum atomic E-state index is 12.4. The summed E-state index contributed by atoms with van der Waals surface area (Å²) in [5.41, 5.74) is 5.53. The lowest BCUT2D eigenvalue weighted by Crippen LogP contribution is -2.58. The van der Waals surface area contributed by atoms with E-state index < -0.39 is 0 Å². The van der Waals surface area contributed by atoms with Gasteiger partial charge < -0.3 is 11.1 Å². The Morgan fingerprint density at radius 3 is 2.28 bits per heavy atom. The highest BCUT2D eigenvalue weighted by molar-refractivity contribution is 7.80. The maximum absolute atomic E-state index is 12.4. The van der Waals surface area contributed by atoms with Crippen LogP contribution in [0.5, 0.6) is 0 Å². The Morgan fingerprint density at radius 2 is 1.72 bits per heavy atom. The molecular formula is C14H22N2OS. The van der Waals surface area contributed by atoms with Crippen LogP contribution in [0.3, 0.4) is 0 Å². The maximum Gasteiger partial charge on any atom is 0.224 e. The second-order valence-electron chi connectivity index (χ2n) is 6.28. The zero-order chi connectivity index (χ0) is 12.8. The summed E-state index contributed by atoms with van der Waals surface area (Å²) in [6, 6.07) is 0. The molecule has 3 rings (SSSR count). The molecule has 3 aliphatic carbocycles. The van der Waals surface area contributed by atoms with Gasteiger partial charge in [0.15, 0.2) is 0 Å². The molecule has 0 spiro atoms. The molecule has 1 amide bonds. The lowest BCUT2D eigenvalue weighted by atomic mass is 9.81. The van der Waals surface area contributed by atoms with E-state index in [4.69, 9.17) is 18.0 Å². The van der Waals surface area contributed by atoms with Gasteiger partial charge in [-0.25, -0.2) is 0 Å². The first-order chi connectivity index (χ1) is 8.64. The highest BCUT2D eigenvalue weighted by Gasteiger charge is 2.57. The van der Waals surface area contributed by atoms with Gasteiger partial charge in [-0.15, -0.1) is 0 Å². The second kappa shape index (κ2) is 4.48. The van der Waals surface area contributed by atoms with Crippen molar-refractivity contribution in [3.05, 3.63) is 0 Å². The second-order valence-corrected chi connectivity index (χ2v) is 6.72. The summed E-state index contributed by atoms with van der Waals surface area (Å²) in [6.45, 7) is 0. The number of carbonyl (C=O) groups is 1. The van der Waals surface area contributed by atoms with Crippen molar-refractivity contribution in [2.75, 3.05) is 0 Å². The van der Waals surface area contributed by atoms with Gasteiger partial charge >= 0.3 is 0 Å². The monoisotopic (exact) mass is 266 g/mol. The molecule has 0 bridgehead atoms. The van der Waals surface area contributed by atoms with Crippen LogP contribution in [-0.4, -0.2) is 16.4 Å². The summed E-state index contributed by atoms with van der Waals surface area (Å²) in [6.07, 6.45) is 9.11. The lowest BCUT2D eigenvalue weighted by molar-refractivity contribution is -0.124. The Balaban J connectivity index is 1.66. The van der Waals surface area contributed by atoms with Crippen molar-refractivity contribution in [3.8, 4) is 0 Å². The van der Waals surface area contributed by atoms with E-state index in [2.05, 4.69) is 5.32 Å². The Morgan fingerprint density at radius 1 is 1.11 bits per heavy atom. The van der Waals surface area contributed by atoms with E-state index in [9.17, 15) is 4.79 Å². The standard InChI is InChI=1S/C14H22N2OS/c15-13(18)14(7-2-1-3-8-14)16-12(17)11-9-5-4-6-10(9)11/h9-11H,1-8H2,(H2,15,18)(H,16,17). The molecule has 0 radical (unpaired) electrons. The molecule has 0 heterocycles. The average Bonchev–Trinajstić information content (AvgIpc) is 2.85. The molecule has 3 nitrogen and oxygen atoms in total. The first-order valence-corrected chi connectivity index (χ1v) is 7.67. The Hall–Kier alpha value is -0.640. The molecule has 0 aromatic rings. The van der Waals surface area contributed by atoms with Crippen LogP contribution in [0.25, 0.3) is 0 Å². The summed E-state index contributed by atoms with van der Waals surface area (Å²) in [7, 11) is 0. The van der Waals surface area contributed by atoms with Gasteiger partial charge in [0.1, 0.15) is 0 Å². The van der Waals surface area contributed by atoms with Crippen LogP contribution < -0.4 is 11.1 Å². The molecule has 4 heteroatoms. The Labute approximate surface area is 114 Å². The molecule has 3 saturated carbocycles. The van der Waals surface area contributed by atoms with Crippen molar-refractivity contribution in [1.82, 2.24) is 5.32 Å². The molecular weight excluding hydrogens is 244 g/mol. The number of nitrogens with two attached hydrogens (primary N) is 1. The number of amides is 1. The predicted octanol–water partition coefficient (Wildman–Crippen LogP) is 2.14. The minimum absolute atomic E-state index is 0.222. The van der Waals surface area contributed by atoms with Crippen molar-refractivity contribution < 1.29 is 4.79 Å².